The van der Waals surface area contributed by atoms with E-state index in [9.17, 15) is 9.59 Å². The maximum Gasteiger partial charge on any atom is 0.331 e. The first-order valence-corrected chi connectivity index (χ1v) is 6.42. The van der Waals surface area contributed by atoms with Crippen molar-refractivity contribution in [3.63, 3.8) is 0 Å². The molecule has 1 aromatic carbocycles. The van der Waals surface area contributed by atoms with Gasteiger partial charge in [0.1, 0.15) is 5.78 Å². The van der Waals surface area contributed by atoms with Crippen LogP contribution in [0.1, 0.15) is 30.5 Å². The second kappa shape index (κ2) is 6.19. The van der Waals surface area contributed by atoms with E-state index in [0.717, 1.165) is 11.1 Å². The Morgan fingerprint density at radius 2 is 2.10 bits per heavy atom. The Balaban J connectivity index is 2.31. The largest absolute Gasteiger partial charge is 0.466 e. The number of methoxy groups -OCH3 is 1. The summed E-state index contributed by atoms with van der Waals surface area (Å²) < 4.78 is 4.58. The summed E-state index contributed by atoms with van der Waals surface area (Å²) in [6.45, 7) is 1.57. The van der Waals surface area contributed by atoms with E-state index < -0.39 is 5.97 Å². The van der Waals surface area contributed by atoms with Crippen molar-refractivity contribution in [2.75, 3.05) is 7.11 Å². The Labute approximate surface area is 118 Å². The van der Waals surface area contributed by atoms with Gasteiger partial charge in [-0.15, -0.1) is 0 Å². The predicted octanol–water partition coefficient (Wildman–Crippen LogP) is 2.68. The predicted molar refractivity (Wildman–Crippen MR) is 76.5 cm³/mol. The molecule has 0 radical (unpaired) electrons. The monoisotopic (exact) mass is 271 g/mol. The molecule has 1 unspecified atom stereocenters. The molecular weight excluding hydrogens is 254 g/mol. The van der Waals surface area contributed by atoms with E-state index in [2.05, 4.69) is 4.74 Å². The van der Waals surface area contributed by atoms with Crippen molar-refractivity contribution in [2.45, 2.75) is 19.4 Å². The highest BCUT2D eigenvalue weighted by Gasteiger charge is 2.23. The van der Waals surface area contributed by atoms with Crippen LogP contribution in [0.15, 0.2) is 42.7 Å². The van der Waals surface area contributed by atoms with Gasteiger partial charge in [0.15, 0.2) is 0 Å². The van der Waals surface area contributed by atoms with Gasteiger partial charge in [-0.2, -0.15) is 0 Å². The van der Waals surface area contributed by atoms with Crippen LogP contribution in [0.4, 0.5) is 0 Å². The lowest BCUT2D eigenvalue weighted by Crippen LogP contribution is -2.24. The van der Waals surface area contributed by atoms with Gasteiger partial charge in [0.25, 0.3) is 0 Å². The van der Waals surface area contributed by atoms with Gasteiger partial charge in [-0.1, -0.05) is 24.3 Å². The van der Waals surface area contributed by atoms with Crippen molar-refractivity contribution >= 4 is 17.8 Å². The normalized spacial score (nSPS) is 17.1. The Bertz CT molecular complexity index is 575. The summed E-state index contributed by atoms with van der Waals surface area (Å²) >= 11 is 0. The number of fused-ring (bicyclic) bond motifs is 1. The van der Waals surface area contributed by atoms with Gasteiger partial charge >= 0.3 is 5.97 Å². The molecule has 1 aromatic rings. The van der Waals surface area contributed by atoms with Crippen LogP contribution in [0.3, 0.4) is 0 Å². The van der Waals surface area contributed by atoms with Crippen molar-refractivity contribution in [1.82, 2.24) is 4.90 Å². The topological polar surface area (TPSA) is 46.6 Å². The van der Waals surface area contributed by atoms with E-state index in [-0.39, 0.29) is 11.8 Å². The highest BCUT2D eigenvalue weighted by atomic mass is 16.5. The van der Waals surface area contributed by atoms with Crippen molar-refractivity contribution in [3.8, 4) is 0 Å². The summed E-state index contributed by atoms with van der Waals surface area (Å²) in [4.78, 5) is 24.6. The zero-order valence-corrected chi connectivity index (χ0v) is 11.6. The number of rotatable bonds is 4. The fourth-order valence-corrected chi connectivity index (χ4v) is 2.25. The van der Waals surface area contributed by atoms with Gasteiger partial charge in [-0.3, -0.25) is 4.79 Å². The number of hydrogen-bond acceptors (Lipinski definition) is 4. The van der Waals surface area contributed by atoms with Crippen LogP contribution in [-0.4, -0.2) is 23.8 Å². The zero-order valence-electron chi connectivity index (χ0n) is 11.6. The second-order valence-electron chi connectivity index (χ2n) is 4.65. The van der Waals surface area contributed by atoms with Gasteiger partial charge in [-0.05, 0) is 24.1 Å². The van der Waals surface area contributed by atoms with E-state index in [1.54, 1.807) is 13.1 Å². The fourth-order valence-electron chi connectivity index (χ4n) is 2.25. The van der Waals surface area contributed by atoms with Crippen molar-refractivity contribution in [2.24, 2.45) is 0 Å². The smallest absolute Gasteiger partial charge is 0.331 e. The standard InChI is InChI=1S/C16H17NO3/c1-12(18)11-15-14-6-4-3-5-13(14)7-9-17(15)10-8-16(19)20-2/h3-10,15H,11H2,1-2H3/b10-8+. The number of benzene rings is 1. The molecule has 0 aromatic heterocycles. The molecule has 1 atom stereocenters. The summed E-state index contributed by atoms with van der Waals surface area (Å²) in [5, 5.41) is 0. The molecule has 0 amide bonds. The number of carbonyl (C=O) groups excluding carboxylic acids is 2. The molecule has 4 nitrogen and oxygen atoms in total. The first kappa shape index (κ1) is 14.1. The van der Waals surface area contributed by atoms with Gasteiger partial charge in [0, 0.05) is 24.9 Å². The van der Waals surface area contributed by atoms with Crippen molar-refractivity contribution in [3.05, 3.63) is 53.9 Å². The molecule has 0 bridgehead atoms. The molecule has 104 valence electrons. The number of Topliss-reactive ketones (excluding diaryl/α,β-unsaturated/α-hetero) is 1. The molecule has 1 heterocycles. The second-order valence-corrected chi connectivity index (χ2v) is 4.65. The highest BCUT2D eigenvalue weighted by Crippen LogP contribution is 2.32. The fraction of sp³-hybridized carbons (Fsp3) is 0.250. The zero-order chi connectivity index (χ0) is 14.5. The van der Waals surface area contributed by atoms with Crippen molar-refractivity contribution in [1.29, 1.82) is 0 Å². The average Bonchev–Trinajstić information content (AvgIpc) is 2.45. The van der Waals surface area contributed by atoms with Gasteiger partial charge in [0.05, 0.1) is 13.2 Å². The van der Waals surface area contributed by atoms with Crippen LogP contribution < -0.4 is 0 Å². The molecule has 4 heteroatoms. The minimum Gasteiger partial charge on any atom is -0.466 e. The lowest BCUT2D eigenvalue weighted by molar-refractivity contribution is -0.134. The maximum absolute atomic E-state index is 11.5. The van der Waals surface area contributed by atoms with E-state index in [1.807, 2.05) is 41.4 Å². The Morgan fingerprint density at radius 1 is 1.35 bits per heavy atom. The molecule has 0 spiro atoms. The molecule has 0 aliphatic carbocycles. The third-order valence-electron chi connectivity index (χ3n) is 3.21. The Kier molecular flexibility index (Phi) is 4.35. The third-order valence-corrected chi connectivity index (χ3v) is 3.21. The SMILES string of the molecule is COC(=O)/C=C/N1C=Cc2ccccc2C1CC(C)=O. The highest BCUT2D eigenvalue weighted by molar-refractivity contribution is 5.82. The first-order valence-electron chi connectivity index (χ1n) is 6.42. The number of carbonyl (C=O) groups is 2. The average molecular weight is 271 g/mol. The molecular formula is C16H17NO3. The number of esters is 1. The van der Waals surface area contributed by atoms with Crippen molar-refractivity contribution < 1.29 is 14.3 Å². The van der Waals surface area contributed by atoms with Crippen LogP contribution in [0.5, 0.6) is 0 Å². The van der Waals surface area contributed by atoms with E-state index in [4.69, 9.17) is 0 Å². The third kappa shape index (κ3) is 3.15. The molecule has 0 saturated heterocycles. The minimum absolute atomic E-state index is 0.0883. The van der Waals surface area contributed by atoms with E-state index >= 15 is 0 Å². The Hall–Kier alpha value is -2.36. The van der Waals surface area contributed by atoms with Gasteiger partial charge in [-0.25, -0.2) is 4.79 Å². The Morgan fingerprint density at radius 3 is 2.80 bits per heavy atom. The van der Waals surface area contributed by atoms with Crippen LogP contribution in [0.25, 0.3) is 6.08 Å². The molecule has 20 heavy (non-hydrogen) atoms. The van der Waals surface area contributed by atoms with Crippen LogP contribution in [-0.2, 0) is 14.3 Å². The molecule has 1 aliphatic rings. The number of hydrogen-bond donors (Lipinski definition) is 0. The molecule has 2 rings (SSSR count). The quantitative estimate of drug-likeness (QED) is 0.624. The lowest BCUT2D eigenvalue weighted by atomic mass is 9.93. The summed E-state index contributed by atoms with van der Waals surface area (Å²) in [6, 6.07) is 7.85. The molecule has 0 fully saturated rings. The summed E-state index contributed by atoms with van der Waals surface area (Å²) in [5.41, 5.74) is 2.18. The first-order chi connectivity index (χ1) is 9.61. The summed E-state index contributed by atoms with van der Waals surface area (Å²) in [5.74, 6) is -0.310. The number of ketones is 1. The molecule has 0 N–H and O–H groups in total. The van der Waals surface area contributed by atoms with Gasteiger partial charge in [0.2, 0.25) is 0 Å². The maximum atomic E-state index is 11.5. The van der Waals surface area contributed by atoms with Gasteiger partial charge < -0.3 is 9.64 Å². The lowest BCUT2D eigenvalue weighted by Gasteiger charge is -2.31. The van der Waals surface area contributed by atoms with E-state index in [0.29, 0.717) is 6.42 Å². The van der Waals surface area contributed by atoms with Crippen LogP contribution in [0.2, 0.25) is 0 Å². The number of nitrogens with zero attached hydrogens (tertiary/aromatic N) is 1. The summed E-state index contributed by atoms with van der Waals surface area (Å²) in [6.07, 6.45) is 7.23. The number of ether oxygens (including phenoxy) is 1. The minimum atomic E-state index is -0.418. The molecule has 0 saturated carbocycles. The molecule has 1 aliphatic heterocycles. The van der Waals surface area contributed by atoms with Crippen LogP contribution in [0, 0.1) is 0 Å². The van der Waals surface area contributed by atoms with E-state index in [1.165, 1.54) is 13.2 Å². The summed E-state index contributed by atoms with van der Waals surface area (Å²) in [7, 11) is 1.33. The van der Waals surface area contributed by atoms with Crippen LogP contribution >= 0.6 is 0 Å².